The van der Waals surface area contributed by atoms with E-state index in [4.69, 9.17) is 14.2 Å². The van der Waals surface area contributed by atoms with Gasteiger partial charge in [0.05, 0.1) is 32.6 Å². The van der Waals surface area contributed by atoms with Crippen molar-refractivity contribution < 1.29 is 14.2 Å². The molecule has 0 amide bonds. The first-order valence-electron chi connectivity index (χ1n) is 8.45. The van der Waals surface area contributed by atoms with Crippen molar-refractivity contribution in [1.29, 1.82) is 0 Å². The quantitative estimate of drug-likeness (QED) is 0.893. The predicted molar refractivity (Wildman–Crippen MR) is 93.5 cm³/mol. The molecule has 2 aliphatic heterocycles. The van der Waals surface area contributed by atoms with Gasteiger partial charge in [0.1, 0.15) is 0 Å². The van der Waals surface area contributed by atoms with Crippen molar-refractivity contribution in [2.24, 2.45) is 0 Å². The molecule has 2 heterocycles. The second-order valence-corrected chi connectivity index (χ2v) is 6.31. The van der Waals surface area contributed by atoms with Gasteiger partial charge in [0.15, 0.2) is 11.5 Å². The predicted octanol–water partition coefficient (Wildman–Crippen LogP) is 2.55. The van der Waals surface area contributed by atoms with E-state index in [0.29, 0.717) is 6.10 Å². The van der Waals surface area contributed by atoms with Gasteiger partial charge in [0, 0.05) is 25.4 Å². The Morgan fingerprint density at radius 2 is 1.96 bits per heavy atom. The Balaban J connectivity index is 1.80. The Hall–Kier alpha value is -1.92. The van der Waals surface area contributed by atoms with Gasteiger partial charge in [-0.2, -0.15) is 0 Å². The minimum absolute atomic E-state index is 0.296. The monoisotopic (exact) mass is 333 g/mol. The van der Waals surface area contributed by atoms with Crippen LogP contribution in [-0.2, 0) is 4.74 Å². The zero-order valence-corrected chi connectivity index (χ0v) is 15.0. The van der Waals surface area contributed by atoms with Crippen molar-refractivity contribution in [1.82, 2.24) is 15.6 Å². The van der Waals surface area contributed by atoms with Crippen molar-refractivity contribution >= 4 is 5.70 Å². The van der Waals surface area contributed by atoms with Crippen LogP contribution < -0.4 is 14.9 Å². The SMILES string of the molecule is COc1cc(C)c(C2=CN(C[C@H]3CCCCO3)N(C)N2)cc1OC. The van der Waals surface area contributed by atoms with E-state index >= 15 is 0 Å². The van der Waals surface area contributed by atoms with Crippen LogP contribution in [0.5, 0.6) is 11.5 Å². The van der Waals surface area contributed by atoms with Crippen LogP contribution in [0.3, 0.4) is 0 Å². The summed E-state index contributed by atoms with van der Waals surface area (Å²) in [4.78, 5) is 0. The molecule has 1 aromatic rings. The van der Waals surface area contributed by atoms with E-state index in [2.05, 4.69) is 23.6 Å². The molecule has 132 valence electrons. The molecule has 1 N–H and O–H groups in total. The first-order chi connectivity index (χ1) is 11.6. The largest absolute Gasteiger partial charge is 0.493 e. The average molecular weight is 333 g/mol. The molecule has 0 bridgehead atoms. The second kappa shape index (κ2) is 7.32. The highest BCUT2D eigenvalue weighted by atomic mass is 16.5. The van der Waals surface area contributed by atoms with Gasteiger partial charge in [0.2, 0.25) is 0 Å². The number of ether oxygens (including phenoxy) is 3. The van der Waals surface area contributed by atoms with E-state index in [1.165, 1.54) is 12.8 Å². The number of rotatable bonds is 5. The van der Waals surface area contributed by atoms with E-state index in [-0.39, 0.29) is 0 Å². The van der Waals surface area contributed by atoms with Crippen molar-refractivity contribution in [2.75, 3.05) is 34.4 Å². The van der Waals surface area contributed by atoms with Gasteiger partial charge < -0.3 is 14.2 Å². The molecule has 1 saturated heterocycles. The van der Waals surface area contributed by atoms with Crippen LogP contribution in [0.25, 0.3) is 5.70 Å². The van der Waals surface area contributed by atoms with Crippen LogP contribution in [0.2, 0.25) is 0 Å². The molecule has 3 rings (SSSR count). The summed E-state index contributed by atoms with van der Waals surface area (Å²) < 4.78 is 16.7. The highest BCUT2D eigenvalue weighted by Gasteiger charge is 2.25. The third-order valence-electron chi connectivity index (χ3n) is 4.63. The van der Waals surface area contributed by atoms with E-state index in [1.807, 2.05) is 24.3 Å². The summed E-state index contributed by atoms with van der Waals surface area (Å²) in [6.45, 7) is 3.81. The fraction of sp³-hybridized carbons (Fsp3) is 0.556. The van der Waals surface area contributed by atoms with Gasteiger partial charge in [0.25, 0.3) is 0 Å². The number of nitrogens with zero attached hydrogens (tertiary/aromatic N) is 2. The lowest BCUT2D eigenvalue weighted by atomic mass is 10.0. The van der Waals surface area contributed by atoms with E-state index in [0.717, 1.165) is 47.9 Å². The maximum atomic E-state index is 5.86. The molecule has 0 spiro atoms. The van der Waals surface area contributed by atoms with Gasteiger partial charge >= 0.3 is 0 Å². The van der Waals surface area contributed by atoms with Gasteiger partial charge in [-0.05, 0) is 43.9 Å². The van der Waals surface area contributed by atoms with Crippen LogP contribution in [0.15, 0.2) is 18.3 Å². The fourth-order valence-corrected chi connectivity index (χ4v) is 3.24. The zero-order chi connectivity index (χ0) is 17.1. The van der Waals surface area contributed by atoms with Gasteiger partial charge in [-0.25, -0.2) is 0 Å². The molecule has 1 aromatic carbocycles. The number of hydrogen-bond acceptors (Lipinski definition) is 6. The summed E-state index contributed by atoms with van der Waals surface area (Å²) >= 11 is 0. The number of hydrogen-bond donors (Lipinski definition) is 1. The third-order valence-corrected chi connectivity index (χ3v) is 4.63. The average Bonchev–Trinajstić information content (AvgIpc) is 2.96. The Bertz CT molecular complexity index is 612. The lowest BCUT2D eigenvalue weighted by molar-refractivity contribution is -0.0477. The molecule has 2 aliphatic rings. The Kier molecular flexibility index (Phi) is 5.16. The number of aryl methyl sites for hydroxylation is 1. The smallest absolute Gasteiger partial charge is 0.161 e. The summed E-state index contributed by atoms with van der Waals surface area (Å²) in [5, 5.41) is 4.17. The summed E-state index contributed by atoms with van der Waals surface area (Å²) in [5.41, 5.74) is 6.69. The molecular formula is C18H27N3O3. The van der Waals surface area contributed by atoms with Crippen LogP contribution in [0.1, 0.15) is 30.4 Å². The van der Waals surface area contributed by atoms with E-state index < -0.39 is 0 Å². The first kappa shape index (κ1) is 16.9. The van der Waals surface area contributed by atoms with Crippen LogP contribution in [0.4, 0.5) is 0 Å². The van der Waals surface area contributed by atoms with Crippen LogP contribution >= 0.6 is 0 Å². The Morgan fingerprint density at radius 1 is 1.21 bits per heavy atom. The number of methoxy groups -OCH3 is 2. The summed E-state index contributed by atoms with van der Waals surface area (Å²) in [7, 11) is 5.33. The van der Waals surface area contributed by atoms with Gasteiger partial charge in [-0.15, -0.1) is 5.12 Å². The van der Waals surface area contributed by atoms with Gasteiger partial charge in [-0.3, -0.25) is 10.4 Å². The normalized spacial score (nSPS) is 21.4. The minimum Gasteiger partial charge on any atom is -0.493 e. The van der Waals surface area contributed by atoms with Crippen molar-refractivity contribution in [3.63, 3.8) is 0 Å². The topological polar surface area (TPSA) is 46.2 Å². The van der Waals surface area contributed by atoms with Gasteiger partial charge in [-0.1, -0.05) is 0 Å². The molecule has 0 radical (unpaired) electrons. The summed E-state index contributed by atoms with van der Waals surface area (Å²) in [5.74, 6) is 1.48. The highest BCUT2D eigenvalue weighted by molar-refractivity contribution is 5.70. The lowest BCUT2D eigenvalue weighted by Crippen LogP contribution is -2.43. The van der Waals surface area contributed by atoms with Crippen LogP contribution in [-0.4, -0.2) is 50.6 Å². The molecule has 0 aliphatic carbocycles. The zero-order valence-electron chi connectivity index (χ0n) is 15.0. The molecule has 6 nitrogen and oxygen atoms in total. The summed E-state index contributed by atoms with van der Waals surface area (Å²) in [6.07, 6.45) is 5.98. The fourth-order valence-electron chi connectivity index (χ4n) is 3.24. The maximum Gasteiger partial charge on any atom is 0.161 e. The Labute approximate surface area is 143 Å². The van der Waals surface area contributed by atoms with E-state index in [1.54, 1.807) is 14.2 Å². The third kappa shape index (κ3) is 3.44. The van der Waals surface area contributed by atoms with E-state index in [9.17, 15) is 0 Å². The molecular weight excluding hydrogens is 306 g/mol. The molecule has 6 heteroatoms. The molecule has 0 aromatic heterocycles. The lowest BCUT2D eigenvalue weighted by Gasteiger charge is -2.30. The first-order valence-corrected chi connectivity index (χ1v) is 8.45. The van der Waals surface area contributed by atoms with Crippen molar-refractivity contribution in [3.05, 3.63) is 29.5 Å². The Morgan fingerprint density at radius 3 is 2.62 bits per heavy atom. The molecule has 24 heavy (non-hydrogen) atoms. The highest BCUT2D eigenvalue weighted by Crippen LogP contribution is 2.34. The molecule has 0 unspecified atom stereocenters. The number of hydrazine groups is 2. The van der Waals surface area contributed by atoms with Crippen molar-refractivity contribution in [3.8, 4) is 11.5 Å². The number of nitrogens with one attached hydrogen (secondary N) is 1. The molecule has 1 fully saturated rings. The summed E-state index contributed by atoms with van der Waals surface area (Å²) in [6, 6.07) is 4.02. The molecule has 0 saturated carbocycles. The standard InChI is InChI=1S/C18H27N3O3/c1-13-9-17(22-3)18(23-4)10-15(13)16-12-21(20(2)19-16)11-14-7-5-6-8-24-14/h9-10,12,14,19H,5-8,11H2,1-4H3/t14-/m1/s1. The van der Waals surface area contributed by atoms with Crippen molar-refractivity contribution in [2.45, 2.75) is 32.3 Å². The minimum atomic E-state index is 0.296. The number of benzene rings is 1. The maximum absolute atomic E-state index is 5.86. The molecule has 1 atom stereocenters. The second-order valence-electron chi connectivity index (χ2n) is 6.31. The van der Waals surface area contributed by atoms with Crippen LogP contribution in [0, 0.1) is 6.92 Å².